The average Bonchev–Trinajstić information content (AvgIpc) is 2.83. The summed E-state index contributed by atoms with van der Waals surface area (Å²) in [5, 5.41) is 3.80. The summed E-state index contributed by atoms with van der Waals surface area (Å²) in [4.78, 5) is 11.0. The van der Waals surface area contributed by atoms with Gasteiger partial charge in [-0.25, -0.2) is 10.2 Å². The molecule has 0 aromatic heterocycles. The number of rotatable bonds is 9. The smallest absolute Gasteiger partial charge is 0.427 e. The Morgan fingerprint density at radius 1 is 1.00 bits per heavy atom. The maximum atomic E-state index is 11.0. The number of nitrogens with one attached hydrogen (secondary N) is 1. The van der Waals surface area contributed by atoms with Crippen molar-refractivity contribution in [3.05, 3.63) is 53.6 Å². The van der Waals surface area contributed by atoms with Crippen molar-refractivity contribution in [2.45, 2.75) is 38.0 Å². The molecule has 2 aromatic rings. The predicted octanol–water partition coefficient (Wildman–Crippen LogP) is 4.89. The zero-order chi connectivity index (χ0) is 21.9. The van der Waals surface area contributed by atoms with Gasteiger partial charge in [0.05, 0.1) is 20.4 Å². The summed E-state index contributed by atoms with van der Waals surface area (Å²) in [6.45, 7) is 0.816. The van der Waals surface area contributed by atoms with Crippen LogP contribution in [0.25, 0.3) is 0 Å². The lowest BCUT2D eigenvalue weighted by molar-refractivity contribution is 0.171. The van der Waals surface area contributed by atoms with Gasteiger partial charge in [-0.2, -0.15) is 5.10 Å². The fraction of sp³-hybridized carbons (Fsp3) is 0.417. The Balaban J connectivity index is 1.45. The molecule has 0 saturated heterocycles. The number of hydrazone groups is 1. The third-order valence-corrected chi connectivity index (χ3v) is 5.31. The highest BCUT2D eigenvalue weighted by Gasteiger charge is 2.15. The first-order valence-electron chi connectivity index (χ1n) is 10.6. The van der Waals surface area contributed by atoms with E-state index in [1.807, 2.05) is 18.2 Å². The molecule has 7 heteroatoms. The second-order valence-corrected chi connectivity index (χ2v) is 7.37. The van der Waals surface area contributed by atoms with Crippen LogP contribution in [-0.4, -0.2) is 39.7 Å². The van der Waals surface area contributed by atoms with Crippen LogP contribution in [0.3, 0.4) is 0 Å². The van der Waals surface area contributed by atoms with Crippen LogP contribution in [0.15, 0.2) is 47.6 Å². The normalized spacial score (nSPS) is 14.3. The van der Waals surface area contributed by atoms with Crippen LogP contribution >= 0.6 is 0 Å². The first kappa shape index (κ1) is 22.5. The number of methoxy groups -OCH3 is 2. The summed E-state index contributed by atoms with van der Waals surface area (Å²) in [6.07, 6.45) is 7.48. The highest BCUT2D eigenvalue weighted by molar-refractivity contribution is 5.82. The van der Waals surface area contributed by atoms with E-state index < -0.39 is 6.09 Å². The molecule has 0 unspecified atom stereocenters. The van der Waals surface area contributed by atoms with Crippen molar-refractivity contribution < 1.29 is 23.7 Å². The van der Waals surface area contributed by atoms with E-state index in [0.29, 0.717) is 30.6 Å². The standard InChI is InChI=1S/C24H30N2O5/c1-28-23-16-18(17-25-26-24(27)29-2)8-13-22(23)31-15-14-30-21-11-9-20(10-12-21)19-6-4-3-5-7-19/h8-13,16-17,19H,3-7,14-15H2,1-2H3,(H,26,27). The Hall–Kier alpha value is -3.22. The van der Waals surface area contributed by atoms with Crippen LogP contribution in [0.1, 0.15) is 49.1 Å². The van der Waals surface area contributed by atoms with Crippen LogP contribution in [0.2, 0.25) is 0 Å². The van der Waals surface area contributed by atoms with Gasteiger partial charge in [0.15, 0.2) is 11.5 Å². The fourth-order valence-electron chi connectivity index (χ4n) is 3.67. The maximum Gasteiger partial charge on any atom is 0.427 e. The minimum atomic E-state index is -0.633. The van der Waals surface area contributed by atoms with Gasteiger partial charge >= 0.3 is 6.09 Å². The van der Waals surface area contributed by atoms with Crippen molar-refractivity contribution in [1.29, 1.82) is 0 Å². The number of carbonyl (C=O) groups excluding carboxylic acids is 1. The van der Waals surface area contributed by atoms with E-state index >= 15 is 0 Å². The van der Waals surface area contributed by atoms with Gasteiger partial charge in [-0.1, -0.05) is 31.4 Å². The van der Waals surface area contributed by atoms with Gasteiger partial charge in [0.25, 0.3) is 0 Å². The zero-order valence-electron chi connectivity index (χ0n) is 18.1. The third-order valence-electron chi connectivity index (χ3n) is 5.31. The van der Waals surface area contributed by atoms with Crippen LogP contribution in [-0.2, 0) is 4.74 Å². The molecule has 0 heterocycles. The van der Waals surface area contributed by atoms with E-state index in [1.54, 1.807) is 19.2 Å². The van der Waals surface area contributed by atoms with E-state index in [1.165, 1.54) is 51.0 Å². The Morgan fingerprint density at radius 2 is 1.74 bits per heavy atom. The summed E-state index contributed by atoms with van der Waals surface area (Å²) in [5.41, 5.74) is 4.39. The molecule has 0 spiro atoms. The number of hydrogen-bond donors (Lipinski definition) is 1. The van der Waals surface area contributed by atoms with Gasteiger partial charge in [0.1, 0.15) is 19.0 Å². The second-order valence-electron chi connectivity index (χ2n) is 7.37. The molecule has 1 amide bonds. The lowest BCUT2D eigenvalue weighted by Crippen LogP contribution is -2.16. The Morgan fingerprint density at radius 3 is 2.45 bits per heavy atom. The molecular weight excluding hydrogens is 396 g/mol. The summed E-state index contributed by atoms with van der Waals surface area (Å²) in [7, 11) is 2.84. The molecule has 0 aliphatic heterocycles. The third kappa shape index (κ3) is 6.91. The molecule has 1 N–H and O–H groups in total. The Bertz CT molecular complexity index is 861. The number of benzene rings is 2. The van der Waals surface area contributed by atoms with Gasteiger partial charge in [-0.3, -0.25) is 0 Å². The number of nitrogens with zero attached hydrogens (tertiary/aromatic N) is 1. The molecule has 31 heavy (non-hydrogen) atoms. The van der Waals surface area contributed by atoms with Crippen LogP contribution < -0.4 is 19.6 Å². The van der Waals surface area contributed by atoms with Gasteiger partial charge < -0.3 is 18.9 Å². The van der Waals surface area contributed by atoms with Crippen molar-refractivity contribution in [3.8, 4) is 17.2 Å². The molecular formula is C24H30N2O5. The van der Waals surface area contributed by atoms with E-state index in [0.717, 1.165) is 11.3 Å². The summed E-state index contributed by atoms with van der Waals surface area (Å²) in [5.74, 6) is 2.72. The van der Waals surface area contributed by atoms with Crippen LogP contribution in [0.5, 0.6) is 17.2 Å². The minimum Gasteiger partial charge on any atom is -0.493 e. The molecule has 0 bridgehead atoms. The van der Waals surface area contributed by atoms with Crippen molar-refractivity contribution in [1.82, 2.24) is 5.43 Å². The zero-order valence-corrected chi connectivity index (χ0v) is 18.1. The lowest BCUT2D eigenvalue weighted by atomic mass is 9.84. The first-order valence-corrected chi connectivity index (χ1v) is 10.6. The maximum absolute atomic E-state index is 11.0. The molecule has 3 rings (SSSR count). The largest absolute Gasteiger partial charge is 0.493 e. The van der Waals surface area contributed by atoms with Gasteiger partial charge in [-0.15, -0.1) is 0 Å². The quantitative estimate of drug-likeness (QED) is 0.351. The Labute approximate surface area is 183 Å². The Kier molecular flexibility index (Phi) is 8.58. The molecule has 1 aliphatic carbocycles. The highest BCUT2D eigenvalue weighted by Crippen LogP contribution is 2.33. The van der Waals surface area contributed by atoms with E-state index in [2.05, 4.69) is 27.4 Å². The molecule has 1 aliphatic rings. The van der Waals surface area contributed by atoms with Gasteiger partial charge in [-0.05, 0) is 60.2 Å². The van der Waals surface area contributed by atoms with Crippen molar-refractivity contribution in [2.24, 2.45) is 5.10 Å². The van der Waals surface area contributed by atoms with Gasteiger partial charge in [0.2, 0.25) is 0 Å². The van der Waals surface area contributed by atoms with E-state index in [-0.39, 0.29) is 0 Å². The topological polar surface area (TPSA) is 78.4 Å². The number of hydrogen-bond acceptors (Lipinski definition) is 6. The molecule has 1 saturated carbocycles. The minimum absolute atomic E-state index is 0.387. The van der Waals surface area contributed by atoms with Gasteiger partial charge in [0, 0.05) is 0 Å². The average molecular weight is 427 g/mol. The SMILES string of the molecule is COC(=O)NN=Cc1ccc(OCCOc2ccc(C3CCCCC3)cc2)c(OC)c1. The molecule has 0 atom stereocenters. The monoisotopic (exact) mass is 426 g/mol. The number of amides is 1. The van der Waals surface area contributed by atoms with Crippen molar-refractivity contribution in [3.63, 3.8) is 0 Å². The molecule has 1 fully saturated rings. The second kappa shape index (κ2) is 11.8. The van der Waals surface area contributed by atoms with Crippen molar-refractivity contribution in [2.75, 3.05) is 27.4 Å². The van der Waals surface area contributed by atoms with Crippen molar-refractivity contribution >= 4 is 12.3 Å². The lowest BCUT2D eigenvalue weighted by Gasteiger charge is -2.22. The van der Waals surface area contributed by atoms with Crippen LogP contribution in [0, 0.1) is 0 Å². The highest BCUT2D eigenvalue weighted by atomic mass is 16.5. The number of ether oxygens (including phenoxy) is 4. The van der Waals surface area contributed by atoms with E-state index in [4.69, 9.17) is 14.2 Å². The van der Waals surface area contributed by atoms with Crippen LogP contribution in [0.4, 0.5) is 4.79 Å². The molecule has 7 nitrogen and oxygen atoms in total. The molecule has 2 aromatic carbocycles. The number of carbonyl (C=O) groups is 1. The summed E-state index contributed by atoms with van der Waals surface area (Å²) >= 11 is 0. The molecule has 166 valence electrons. The fourth-order valence-corrected chi connectivity index (χ4v) is 3.67. The molecule has 0 radical (unpaired) electrons. The predicted molar refractivity (Wildman–Crippen MR) is 119 cm³/mol. The first-order chi connectivity index (χ1) is 15.2. The summed E-state index contributed by atoms with van der Waals surface area (Å²) < 4.78 is 21.4. The summed E-state index contributed by atoms with van der Waals surface area (Å²) in [6, 6.07) is 13.8. The van der Waals surface area contributed by atoms with E-state index in [9.17, 15) is 4.79 Å².